The highest BCUT2D eigenvalue weighted by molar-refractivity contribution is 5.94. The van der Waals surface area contributed by atoms with Crippen molar-refractivity contribution in [2.24, 2.45) is 0 Å². The van der Waals surface area contributed by atoms with Crippen LogP contribution >= 0.6 is 0 Å². The third kappa shape index (κ3) is 4.38. The molecule has 1 atom stereocenters. The predicted octanol–water partition coefficient (Wildman–Crippen LogP) is 3.40. The molecule has 0 aliphatic carbocycles. The first-order valence-electron chi connectivity index (χ1n) is 8.61. The SMILES string of the molecule is O=C(c1cc(F)ccc1F)N1CCCC(O)(COc2ccccc2)CC1. The minimum Gasteiger partial charge on any atom is -0.491 e. The normalized spacial score (nSPS) is 20.5. The van der Waals surface area contributed by atoms with Crippen LogP contribution in [0.15, 0.2) is 48.5 Å². The standard InChI is InChI=1S/C20H21F2NO3/c21-15-7-8-18(22)17(13-15)19(24)23-11-4-9-20(25,10-12-23)14-26-16-5-2-1-3-6-16/h1-3,5-8,13,25H,4,9-12,14H2. The first-order chi connectivity index (χ1) is 12.5. The van der Waals surface area contributed by atoms with Crippen molar-refractivity contribution in [1.82, 2.24) is 4.90 Å². The Morgan fingerprint density at radius 1 is 1.12 bits per heavy atom. The van der Waals surface area contributed by atoms with E-state index in [1.54, 1.807) is 0 Å². The number of rotatable bonds is 4. The maximum Gasteiger partial charge on any atom is 0.256 e. The lowest BCUT2D eigenvalue weighted by Gasteiger charge is -2.27. The van der Waals surface area contributed by atoms with Crippen molar-refractivity contribution in [3.63, 3.8) is 0 Å². The highest BCUT2D eigenvalue weighted by Gasteiger charge is 2.33. The molecule has 2 aromatic carbocycles. The molecule has 4 nitrogen and oxygen atoms in total. The van der Waals surface area contributed by atoms with Crippen molar-refractivity contribution in [3.8, 4) is 5.75 Å². The molecule has 6 heteroatoms. The molecule has 3 rings (SSSR count). The van der Waals surface area contributed by atoms with Gasteiger partial charge in [-0.05, 0) is 49.6 Å². The molecular weight excluding hydrogens is 340 g/mol. The van der Waals surface area contributed by atoms with Crippen LogP contribution in [0.5, 0.6) is 5.75 Å². The molecule has 1 aliphatic heterocycles. The van der Waals surface area contributed by atoms with Crippen molar-refractivity contribution in [3.05, 3.63) is 65.7 Å². The van der Waals surface area contributed by atoms with E-state index in [1.165, 1.54) is 4.90 Å². The maximum absolute atomic E-state index is 13.9. The van der Waals surface area contributed by atoms with Crippen molar-refractivity contribution in [2.45, 2.75) is 24.9 Å². The molecule has 138 valence electrons. The lowest BCUT2D eigenvalue weighted by Crippen LogP contribution is -2.38. The second kappa shape index (κ2) is 7.83. The zero-order valence-corrected chi connectivity index (χ0v) is 14.3. The summed E-state index contributed by atoms with van der Waals surface area (Å²) in [7, 11) is 0. The smallest absolute Gasteiger partial charge is 0.256 e. The minimum atomic E-state index is -1.06. The van der Waals surface area contributed by atoms with Crippen molar-refractivity contribution >= 4 is 5.91 Å². The molecule has 1 unspecified atom stereocenters. The number of aliphatic hydroxyl groups is 1. The highest BCUT2D eigenvalue weighted by atomic mass is 19.1. The fourth-order valence-electron chi connectivity index (χ4n) is 3.09. The number of carbonyl (C=O) groups is 1. The van der Waals surface area contributed by atoms with E-state index in [1.807, 2.05) is 30.3 Å². The summed E-state index contributed by atoms with van der Waals surface area (Å²) in [6.07, 6.45) is 1.33. The second-order valence-electron chi connectivity index (χ2n) is 6.60. The van der Waals surface area contributed by atoms with Gasteiger partial charge in [0.05, 0.1) is 5.56 Å². The molecule has 0 radical (unpaired) electrons. The van der Waals surface area contributed by atoms with Gasteiger partial charge in [-0.1, -0.05) is 18.2 Å². The first kappa shape index (κ1) is 18.3. The Kier molecular flexibility index (Phi) is 5.52. The summed E-state index contributed by atoms with van der Waals surface area (Å²) in [5, 5.41) is 10.8. The van der Waals surface area contributed by atoms with E-state index in [0.717, 1.165) is 18.2 Å². The van der Waals surface area contributed by atoms with E-state index in [9.17, 15) is 18.7 Å². The first-order valence-corrected chi connectivity index (χ1v) is 8.61. The highest BCUT2D eigenvalue weighted by Crippen LogP contribution is 2.25. The zero-order chi connectivity index (χ0) is 18.6. The summed E-state index contributed by atoms with van der Waals surface area (Å²) in [6.45, 7) is 0.749. The number of likely N-dealkylation sites (tertiary alicyclic amines) is 1. The third-order valence-corrected chi connectivity index (χ3v) is 4.61. The van der Waals surface area contributed by atoms with Crippen molar-refractivity contribution < 1.29 is 23.4 Å². The number of carbonyl (C=O) groups excluding carboxylic acids is 1. The number of amides is 1. The molecule has 1 heterocycles. The summed E-state index contributed by atoms with van der Waals surface area (Å²) in [4.78, 5) is 14.0. The summed E-state index contributed by atoms with van der Waals surface area (Å²) in [5.74, 6) is -1.30. The molecule has 0 bridgehead atoms. The molecule has 26 heavy (non-hydrogen) atoms. The van der Waals surface area contributed by atoms with E-state index < -0.39 is 23.1 Å². The van der Waals surface area contributed by atoms with Crippen LogP contribution in [-0.2, 0) is 0 Å². The van der Waals surface area contributed by atoms with Crippen LogP contribution in [0.3, 0.4) is 0 Å². The van der Waals surface area contributed by atoms with Crippen LogP contribution in [0.1, 0.15) is 29.6 Å². The molecule has 2 aromatic rings. The van der Waals surface area contributed by atoms with Gasteiger partial charge in [-0.25, -0.2) is 8.78 Å². The van der Waals surface area contributed by atoms with E-state index in [4.69, 9.17) is 4.74 Å². The average Bonchev–Trinajstić information content (AvgIpc) is 2.85. The van der Waals surface area contributed by atoms with Crippen LogP contribution in [0.25, 0.3) is 0 Å². The molecule has 0 spiro atoms. The van der Waals surface area contributed by atoms with Gasteiger partial charge in [0.15, 0.2) is 0 Å². The number of para-hydroxylation sites is 1. The molecular formula is C20H21F2NO3. The Bertz CT molecular complexity index is 769. The molecule has 1 N–H and O–H groups in total. The van der Waals surface area contributed by atoms with Gasteiger partial charge in [-0.3, -0.25) is 4.79 Å². The van der Waals surface area contributed by atoms with Crippen molar-refractivity contribution in [2.75, 3.05) is 19.7 Å². The van der Waals surface area contributed by atoms with Gasteiger partial charge in [0.1, 0.15) is 29.6 Å². The average molecular weight is 361 g/mol. The summed E-state index contributed by atoms with van der Waals surface area (Å²) < 4.78 is 32.9. The van der Waals surface area contributed by atoms with Crippen molar-refractivity contribution in [1.29, 1.82) is 0 Å². The van der Waals surface area contributed by atoms with Gasteiger partial charge >= 0.3 is 0 Å². The number of benzene rings is 2. The van der Waals surface area contributed by atoms with Gasteiger partial charge in [0.2, 0.25) is 0 Å². The van der Waals surface area contributed by atoms with Crippen LogP contribution < -0.4 is 4.74 Å². The van der Waals surface area contributed by atoms with Gasteiger partial charge in [0.25, 0.3) is 5.91 Å². The summed E-state index contributed by atoms with van der Waals surface area (Å²) in [5.41, 5.74) is -1.35. The minimum absolute atomic E-state index is 0.118. The number of nitrogens with zero attached hydrogens (tertiary/aromatic N) is 1. The number of hydrogen-bond acceptors (Lipinski definition) is 3. The zero-order valence-electron chi connectivity index (χ0n) is 14.3. The van der Waals surface area contributed by atoms with Gasteiger partial charge in [-0.15, -0.1) is 0 Å². The van der Waals surface area contributed by atoms with E-state index in [0.29, 0.717) is 31.6 Å². The Morgan fingerprint density at radius 3 is 2.65 bits per heavy atom. The molecule has 1 fully saturated rings. The molecule has 1 amide bonds. The quantitative estimate of drug-likeness (QED) is 0.908. The lowest BCUT2D eigenvalue weighted by atomic mass is 9.96. The lowest BCUT2D eigenvalue weighted by molar-refractivity contribution is -0.0163. The van der Waals surface area contributed by atoms with E-state index in [2.05, 4.69) is 0 Å². The number of ether oxygens (including phenoxy) is 1. The molecule has 0 saturated carbocycles. The Hall–Kier alpha value is -2.47. The number of halogens is 2. The third-order valence-electron chi connectivity index (χ3n) is 4.61. The van der Waals surface area contributed by atoms with Crippen LogP contribution in [-0.4, -0.2) is 41.2 Å². The monoisotopic (exact) mass is 361 g/mol. The Labute approximate surface area is 151 Å². The van der Waals surface area contributed by atoms with Gasteiger partial charge in [0, 0.05) is 13.1 Å². The fourth-order valence-corrected chi connectivity index (χ4v) is 3.09. The van der Waals surface area contributed by atoms with E-state index in [-0.39, 0.29) is 18.7 Å². The Morgan fingerprint density at radius 2 is 1.88 bits per heavy atom. The second-order valence-corrected chi connectivity index (χ2v) is 6.60. The topological polar surface area (TPSA) is 49.8 Å². The summed E-state index contributed by atoms with van der Waals surface area (Å²) in [6, 6.07) is 12.0. The van der Waals surface area contributed by atoms with Gasteiger partial charge < -0.3 is 14.7 Å². The number of hydrogen-bond donors (Lipinski definition) is 1. The largest absolute Gasteiger partial charge is 0.491 e. The van der Waals surface area contributed by atoms with Crippen LogP contribution in [0, 0.1) is 11.6 Å². The fraction of sp³-hybridized carbons (Fsp3) is 0.350. The van der Waals surface area contributed by atoms with Gasteiger partial charge in [-0.2, -0.15) is 0 Å². The van der Waals surface area contributed by atoms with E-state index >= 15 is 0 Å². The molecule has 1 aliphatic rings. The maximum atomic E-state index is 13.9. The summed E-state index contributed by atoms with van der Waals surface area (Å²) >= 11 is 0. The Balaban J connectivity index is 1.63. The predicted molar refractivity (Wildman–Crippen MR) is 93.0 cm³/mol. The molecule has 1 saturated heterocycles. The molecule has 0 aromatic heterocycles. The van der Waals surface area contributed by atoms with Crippen LogP contribution in [0.4, 0.5) is 8.78 Å². The van der Waals surface area contributed by atoms with Crippen LogP contribution in [0.2, 0.25) is 0 Å².